The van der Waals surface area contributed by atoms with Gasteiger partial charge in [0.25, 0.3) is 0 Å². The monoisotopic (exact) mass is 332 g/mol. The highest BCUT2D eigenvalue weighted by molar-refractivity contribution is 7.19. The van der Waals surface area contributed by atoms with Crippen LogP contribution in [-0.2, 0) is 14.3 Å². The maximum absolute atomic E-state index is 12.2. The molecule has 1 atom stereocenters. The summed E-state index contributed by atoms with van der Waals surface area (Å²) < 4.78 is 6.44. The van der Waals surface area contributed by atoms with Gasteiger partial charge in [-0.2, -0.15) is 0 Å². The third-order valence-corrected chi connectivity index (χ3v) is 4.53. The molecule has 1 aromatic heterocycles. The number of carbonyl (C=O) groups is 2. The largest absolute Gasteiger partial charge is 0.481 e. The van der Waals surface area contributed by atoms with E-state index >= 15 is 0 Å². The summed E-state index contributed by atoms with van der Waals surface area (Å²) in [7, 11) is 0. The minimum atomic E-state index is -0.922. The molecule has 1 N–H and O–H groups in total. The van der Waals surface area contributed by atoms with E-state index in [1.807, 2.05) is 24.3 Å². The normalized spacial score (nSPS) is 18.6. The van der Waals surface area contributed by atoms with Crippen LogP contribution >= 0.6 is 11.3 Å². The van der Waals surface area contributed by atoms with E-state index < -0.39 is 12.1 Å². The fraction of sp³-hybridized carbons (Fsp3) is 0.312. The molecule has 1 aliphatic heterocycles. The molecule has 120 valence electrons. The molecule has 7 heteroatoms. The molecule has 2 heterocycles. The Morgan fingerprint density at radius 3 is 3.04 bits per heavy atom. The SMILES string of the molecule is O=C(O)CC1CN(C(=O)/C=C/c2nc3ccccc3s2)CCO1. The molecule has 1 saturated heterocycles. The van der Waals surface area contributed by atoms with E-state index in [2.05, 4.69) is 4.98 Å². The maximum atomic E-state index is 12.2. The Balaban J connectivity index is 1.64. The van der Waals surface area contributed by atoms with Crippen LogP contribution in [0, 0.1) is 0 Å². The van der Waals surface area contributed by atoms with Crippen LogP contribution in [0.2, 0.25) is 0 Å². The number of morpholine rings is 1. The van der Waals surface area contributed by atoms with Crippen LogP contribution < -0.4 is 0 Å². The molecule has 3 rings (SSSR count). The number of hydrogen-bond acceptors (Lipinski definition) is 5. The van der Waals surface area contributed by atoms with Gasteiger partial charge in [0.2, 0.25) is 5.91 Å². The van der Waals surface area contributed by atoms with Crippen molar-refractivity contribution in [2.24, 2.45) is 0 Å². The van der Waals surface area contributed by atoms with Crippen molar-refractivity contribution in [3.63, 3.8) is 0 Å². The van der Waals surface area contributed by atoms with E-state index in [-0.39, 0.29) is 12.3 Å². The zero-order valence-electron chi connectivity index (χ0n) is 12.3. The van der Waals surface area contributed by atoms with Gasteiger partial charge in [-0.3, -0.25) is 9.59 Å². The van der Waals surface area contributed by atoms with Gasteiger partial charge in [0.1, 0.15) is 5.01 Å². The number of nitrogens with zero attached hydrogens (tertiary/aromatic N) is 2. The van der Waals surface area contributed by atoms with Crippen molar-refractivity contribution in [1.82, 2.24) is 9.88 Å². The summed E-state index contributed by atoms with van der Waals surface area (Å²) in [5, 5.41) is 9.58. The van der Waals surface area contributed by atoms with Gasteiger partial charge in [0, 0.05) is 19.2 Å². The summed E-state index contributed by atoms with van der Waals surface area (Å²) in [6.07, 6.45) is 2.65. The van der Waals surface area contributed by atoms with Crippen molar-refractivity contribution in [2.75, 3.05) is 19.7 Å². The summed E-state index contributed by atoms with van der Waals surface area (Å²) in [5.74, 6) is -1.07. The minimum Gasteiger partial charge on any atom is -0.481 e. The van der Waals surface area contributed by atoms with Gasteiger partial charge >= 0.3 is 5.97 Å². The first kappa shape index (κ1) is 15.6. The highest BCUT2D eigenvalue weighted by Crippen LogP contribution is 2.22. The van der Waals surface area contributed by atoms with Crippen LogP contribution in [0.25, 0.3) is 16.3 Å². The molecule has 0 aliphatic carbocycles. The molecule has 2 aromatic rings. The standard InChI is InChI=1S/C16H16N2O4S/c19-15(18-7-8-22-11(10-18)9-16(20)21)6-5-14-17-12-3-1-2-4-13(12)23-14/h1-6,11H,7-10H2,(H,20,21)/b6-5+. The molecular formula is C16H16N2O4S. The average molecular weight is 332 g/mol. The number of thiazole rings is 1. The van der Waals surface area contributed by atoms with E-state index in [1.165, 1.54) is 17.4 Å². The summed E-state index contributed by atoms with van der Waals surface area (Å²) >= 11 is 1.52. The number of fused-ring (bicyclic) bond motifs is 1. The lowest BCUT2D eigenvalue weighted by atomic mass is 10.2. The number of carbonyl (C=O) groups excluding carboxylic acids is 1. The number of carboxylic acids is 1. The number of hydrogen-bond donors (Lipinski definition) is 1. The predicted molar refractivity (Wildman–Crippen MR) is 87.2 cm³/mol. The van der Waals surface area contributed by atoms with Crippen molar-refractivity contribution in [3.8, 4) is 0 Å². The van der Waals surface area contributed by atoms with Crippen LogP contribution in [0.15, 0.2) is 30.3 Å². The van der Waals surface area contributed by atoms with E-state index in [4.69, 9.17) is 9.84 Å². The Labute approximate surface area is 137 Å². The second-order valence-electron chi connectivity index (χ2n) is 5.23. The van der Waals surface area contributed by atoms with E-state index in [0.29, 0.717) is 19.7 Å². The lowest BCUT2D eigenvalue weighted by Crippen LogP contribution is -2.45. The second-order valence-corrected chi connectivity index (χ2v) is 6.29. The molecule has 1 aromatic carbocycles. The van der Waals surface area contributed by atoms with Crippen LogP contribution in [0.1, 0.15) is 11.4 Å². The van der Waals surface area contributed by atoms with Gasteiger partial charge in [-0.25, -0.2) is 4.98 Å². The topological polar surface area (TPSA) is 79.7 Å². The highest BCUT2D eigenvalue weighted by Gasteiger charge is 2.24. The molecule has 0 saturated carbocycles. The molecule has 1 fully saturated rings. The smallest absolute Gasteiger partial charge is 0.306 e. The Morgan fingerprint density at radius 2 is 2.26 bits per heavy atom. The number of carboxylic acid groups (broad SMARTS) is 1. The first-order valence-electron chi connectivity index (χ1n) is 7.28. The van der Waals surface area contributed by atoms with Gasteiger partial charge in [0.15, 0.2) is 0 Å². The minimum absolute atomic E-state index is 0.0919. The number of ether oxygens (including phenoxy) is 1. The van der Waals surface area contributed by atoms with Gasteiger partial charge in [-0.15, -0.1) is 11.3 Å². The average Bonchev–Trinajstić information content (AvgIpc) is 2.95. The van der Waals surface area contributed by atoms with Gasteiger partial charge in [-0.1, -0.05) is 12.1 Å². The number of para-hydroxylation sites is 1. The molecule has 1 amide bonds. The summed E-state index contributed by atoms with van der Waals surface area (Å²) in [4.78, 5) is 29.0. The van der Waals surface area contributed by atoms with Crippen LogP contribution in [-0.4, -0.2) is 52.7 Å². The molecular weight excluding hydrogens is 316 g/mol. The van der Waals surface area contributed by atoms with Crippen molar-refractivity contribution in [2.45, 2.75) is 12.5 Å². The Hall–Kier alpha value is -2.25. The first-order chi connectivity index (χ1) is 11.1. The fourth-order valence-corrected chi connectivity index (χ4v) is 3.32. The third-order valence-electron chi connectivity index (χ3n) is 3.53. The Morgan fingerprint density at radius 1 is 1.43 bits per heavy atom. The molecule has 0 radical (unpaired) electrons. The van der Waals surface area contributed by atoms with Crippen LogP contribution in [0.3, 0.4) is 0 Å². The fourth-order valence-electron chi connectivity index (χ4n) is 2.45. The molecule has 0 spiro atoms. The van der Waals surface area contributed by atoms with Crippen LogP contribution in [0.5, 0.6) is 0 Å². The first-order valence-corrected chi connectivity index (χ1v) is 8.09. The summed E-state index contributed by atoms with van der Waals surface area (Å²) in [5.41, 5.74) is 0.914. The molecule has 23 heavy (non-hydrogen) atoms. The summed E-state index contributed by atoms with van der Waals surface area (Å²) in [6.45, 7) is 1.13. The van der Waals surface area contributed by atoms with Gasteiger partial charge < -0.3 is 14.7 Å². The van der Waals surface area contributed by atoms with Gasteiger partial charge in [-0.05, 0) is 18.2 Å². The number of aromatic nitrogens is 1. The zero-order valence-corrected chi connectivity index (χ0v) is 13.2. The lowest BCUT2D eigenvalue weighted by molar-refractivity contribution is -0.145. The lowest BCUT2D eigenvalue weighted by Gasteiger charge is -2.31. The van der Waals surface area contributed by atoms with E-state index in [0.717, 1.165) is 15.2 Å². The van der Waals surface area contributed by atoms with Crippen molar-refractivity contribution in [1.29, 1.82) is 0 Å². The van der Waals surface area contributed by atoms with Crippen molar-refractivity contribution >= 4 is 39.5 Å². The molecule has 6 nitrogen and oxygen atoms in total. The maximum Gasteiger partial charge on any atom is 0.306 e. The van der Waals surface area contributed by atoms with E-state index in [9.17, 15) is 9.59 Å². The third kappa shape index (κ3) is 3.94. The number of benzene rings is 1. The van der Waals surface area contributed by atoms with Crippen molar-refractivity contribution in [3.05, 3.63) is 35.3 Å². The van der Waals surface area contributed by atoms with Gasteiger partial charge in [0.05, 0.1) is 29.3 Å². The quantitative estimate of drug-likeness (QED) is 0.867. The van der Waals surface area contributed by atoms with E-state index in [1.54, 1.807) is 11.0 Å². The zero-order chi connectivity index (χ0) is 16.2. The Kier molecular flexibility index (Phi) is 4.68. The number of aliphatic carboxylic acids is 1. The highest BCUT2D eigenvalue weighted by atomic mass is 32.1. The number of amides is 1. The molecule has 1 unspecified atom stereocenters. The molecule has 1 aliphatic rings. The Bertz CT molecular complexity index is 722. The van der Waals surface area contributed by atoms with Crippen molar-refractivity contribution < 1.29 is 19.4 Å². The predicted octanol–water partition coefficient (Wildman–Crippen LogP) is 2.01. The molecule has 0 bridgehead atoms. The summed E-state index contributed by atoms with van der Waals surface area (Å²) in [6, 6.07) is 7.81. The number of rotatable bonds is 4. The van der Waals surface area contributed by atoms with Crippen LogP contribution in [0.4, 0.5) is 0 Å². The second kappa shape index (κ2) is 6.89.